The van der Waals surface area contributed by atoms with E-state index in [1.54, 1.807) is 13.0 Å². The van der Waals surface area contributed by atoms with Crippen LogP contribution in [-0.4, -0.2) is 20.4 Å². The Bertz CT molecular complexity index is 876. The minimum Gasteiger partial charge on any atom is -0.269 e. The van der Waals surface area contributed by atoms with Gasteiger partial charge in [0.2, 0.25) is 0 Å². The smallest absolute Gasteiger partial charge is 0.269 e. The largest absolute Gasteiger partial charge is 0.273 e. The van der Waals surface area contributed by atoms with E-state index in [1.165, 1.54) is 19.2 Å². The summed E-state index contributed by atoms with van der Waals surface area (Å²) in [7, 11) is -2.43. The fourth-order valence-corrected chi connectivity index (χ4v) is 3.67. The van der Waals surface area contributed by atoms with E-state index in [4.69, 9.17) is 0 Å². The normalized spacial score (nSPS) is 11.3. The second-order valence-corrected chi connectivity index (χ2v) is 7.44. The van der Waals surface area contributed by atoms with Crippen molar-refractivity contribution in [3.05, 3.63) is 63.2 Å². The van der Waals surface area contributed by atoms with Gasteiger partial charge in [-0.2, -0.15) is 0 Å². The molecular formula is C16H18N2O4S. The lowest BCUT2D eigenvalue weighted by molar-refractivity contribution is -0.385. The molecule has 0 aliphatic carbocycles. The average Bonchev–Trinajstić information content (AvgIpc) is 2.46. The van der Waals surface area contributed by atoms with Crippen molar-refractivity contribution in [3.8, 4) is 0 Å². The third-order valence-corrected chi connectivity index (χ3v) is 5.49. The van der Waals surface area contributed by atoms with Crippen LogP contribution in [0.4, 0.5) is 11.4 Å². The molecule has 0 atom stereocenters. The fraction of sp³-hybridized carbons (Fsp3) is 0.250. The average molecular weight is 334 g/mol. The second kappa shape index (κ2) is 6.00. The summed E-state index contributed by atoms with van der Waals surface area (Å²) in [6, 6.07) is 9.37. The molecule has 2 rings (SSSR count). The number of nitrogens with zero attached hydrogens (tertiary/aromatic N) is 2. The first kappa shape index (κ1) is 17.0. The number of hydrogen-bond donors (Lipinski definition) is 0. The van der Waals surface area contributed by atoms with Crippen molar-refractivity contribution in [1.82, 2.24) is 0 Å². The first-order valence-electron chi connectivity index (χ1n) is 6.96. The van der Waals surface area contributed by atoms with E-state index in [-0.39, 0.29) is 10.6 Å². The van der Waals surface area contributed by atoms with Crippen LogP contribution in [0.3, 0.4) is 0 Å². The molecule has 0 spiro atoms. The molecule has 0 saturated carbocycles. The van der Waals surface area contributed by atoms with Gasteiger partial charge in [-0.1, -0.05) is 23.8 Å². The zero-order valence-electron chi connectivity index (χ0n) is 13.4. The summed E-state index contributed by atoms with van der Waals surface area (Å²) in [5.74, 6) is 0. The van der Waals surface area contributed by atoms with E-state index >= 15 is 0 Å². The number of nitro benzene ring substituents is 1. The Balaban J connectivity index is 2.53. The third-order valence-electron chi connectivity index (χ3n) is 3.73. The van der Waals surface area contributed by atoms with Crippen LogP contribution in [0.2, 0.25) is 0 Å². The van der Waals surface area contributed by atoms with Gasteiger partial charge in [-0.25, -0.2) is 8.42 Å². The molecule has 0 aliphatic rings. The van der Waals surface area contributed by atoms with Crippen LogP contribution in [-0.2, 0) is 10.0 Å². The fourth-order valence-electron chi connectivity index (χ4n) is 2.39. The highest BCUT2D eigenvalue weighted by Crippen LogP contribution is 2.28. The molecule has 0 bridgehead atoms. The van der Waals surface area contributed by atoms with Gasteiger partial charge in [-0.15, -0.1) is 0 Å². The second-order valence-electron chi connectivity index (χ2n) is 5.47. The molecule has 7 heteroatoms. The summed E-state index contributed by atoms with van der Waals surface area (Å²) in [5, 5.41) is 11.0. The number of sulfonamides is 1. The van der Waals surface area contributed by atoms with E-state index in [1.807, 2.05) is 26.0 Å². The van der Waals surface area contributed by atoms with Gasteiger partial charge in [0.15, 0.2) is 0 Å². The molecule has 0 saturated heterocycles. The molecule has 0 radical (unpaired) electrons. The maximum Gasteiger partial charge on any atom is 0.273 e. The standard InChI is InChI=1S/C16H18N2O4S/c1-11-5-8-15(13(3)9-11)17(4)23(21,22)14-7-6-12(2)16(10-14)18(19)20/h5-10H,1-4H3. The number of aryl methyl sites for hydroxylation is 3. The van der Waals surface area contributed by atoms with Gasteiger partial charge in [-0.05, 0) is 38.5 Å². The van der Waals surface area contributed by atoms with E-state index < -0.39 is 14.9 Å². The highest BCUT2D eigenvalue weighted by atomic mass is 32.2. The van der Waals surface area contributed by atoms with Crippen LogP contribution in [0.25, 0.3) is 0 Å². The molecule has 122 valence electrons. The number of rotatable bonds is 4. The number of nitro groups is 1. The topological polar surface area (TPSA) is 80.5 Å². The highest BCUT2D eigenvalue weighted by molar-refractivity contribution is 7.92. The van der Waals surface area contributed by atoms with Gasteiger partial charge < -0.3 is 0 Å². The predicted octanol–water partition coefficient (Wildman–Crippen LogP) is 3.35. The molecule has 0 heterocycles. The summed E-state index contributed by atoms with van der Waals surface area (Å²) >= 11 is 0. The SMILES string of the molecule is Cc1ccc(N(C)S(=O)(=O)c2ccc(C)c([N+](=O)[O-])c2)c(C)c1. The number of benzene rings is 2. The van der Waals surface area contributed by atoms with Crippen molar-refractivity contribution in [2.75, 3.05) is 11.4 Å². The molecule has 0 N–H and O–H groups in total. The lowest BCUT2D eigenvalue weighted by atomic mass is 10.1. The van der Waals surface area contributed by atoms with Crippen molar-refractivity contribution in [2.24, 2.45) is 0 Å². The van der Waals surface area contributed by atoms with Crippen LogP contribution in [0.5, 0.6) is 0 Å². The summed E-state index contributed by atoms with van der Waals surface area (Å²) < 4.78 is 26.7. The van der Waals surface area contributed by atoms with Gasteiger partial charge >= 0.3 is 0 Å². The van der Waals surface area contributed by atoms with Crippen LogP contribution < -0.4 is 4.31 Å². The van der Waals surface area contributed by atoms with Crippen molar-refractivity contribution >= 4 is 21.4 Å². The van der Waals surface area contributed by atoms with Crippen molar-refractivity contribution in [1.29, 1.82) is 0 Å². The molecule has 0 aromatic heterocycles. The Morgan fingerprint density at radius 1 is 1.00 bits per heavy atom. The van der Waals surface area contributed by atoms with E-state index in [9.17, 15) is 18.5 Å². The van der Waals surface area contributed by atoms with E-state index in [0.29, 0.717) is 11.3 Å². The molecule has 0 unspecified atom stereocenters. The van der Waals surface area contributed by atoms with E-state index in [2.05, 4.69) is 0 Å². The molecule has 2 aromatic carbocycles. The maximum absolute atomic E-state index is 12.8. The minimum absolute atomic E-state index is 0.0997. The maximum atomic E-state index is 12.8. The van der Waals surface area contributed by atoms with Crippen molar-refractivity contribution in [2.45, 2.75) is 25.7 Å². The molecule has 0 amide bonds. The van der Waals surface area contributed by atoms with Gasteiger partial charge in [-0.3, -0.25) is 14.4 Å². The van der Waals surface area contributed by atoms with E-state index in [0.717, 1.165) is 21.5 Å². The number of anilines is 1. The Morgan fingerprint density at radius 3 is 2.22 bits per heavy atom. The first-order chi connectivity index (χ1) is 10.6. The minimum atomic E-state index is -3.87. The van der Waals surface area contributed by atoms with Crippen molar-refractivity contribution < 1.29 is 13.3 Å². The van der Waals surface area contributed by atoms with Gasteiger partial charge in [0.05, 0.1) is 15.5 Å². The Hall–Kier alpha value is -2.41. The molecule has 0 aliphatic heterocycles. The Kier molecular flexibility index (Phi) is 4.42. The summed E-state index contributed by atoms with van der Waals surface area (Å²) in [6.07, 6.45) is 0. The van der Waals surface area contributed by atoms with Gasteiger partial charge in [0.25, 0.3) is 15.7 Å². The first-order valence-corrected chi connectivity index (χ1v) is 8.40. The van der Waals surface area contributed by atoms with Gasteiger partial charge in [0.1, 0.15) is 0 Å². The van der Waals surface area contributed by atoms with Gasteiger partial charge in [0, 0.05) is 18.7 Å². The quantitative estimate of drug-likeness (QED) is 0.634. The summed E-state index contributed by atoms with van der Waals surface area (Å²) in [4.78, 5) is 10.4. The van der Waals surface area contributed by atoms with Crippen LogP contribution >= 0.6 is 0 Å². The van der Waals surface area contributed by atoms with Crippen LogP contribution in [0.15, 0.2) is 41.3 Å². The van der Waals surface area contributed by atoms with Crippen LogP contribution in [0.1, 0.15) is 16.7 Å². The predicted molar refractivity (Wildman–Crippen MR) is 89.3 cm³/mol. The monoisotopic (exact) mass is 334 g/mol. The summed E-state index contributed by atoms with van der Waals surface area (Å²) in [6.45, 7) is 5.32. The number of hydrogen-bond acceptors (Lipinski definition) is 4. The molecule has 23 heavy (non-hydrogen) atoms. The summed E-state index contributed by atoms with van der Waals surface area (Å²) in [5.41, 5.74) is 2.60. The zero-order chi connectivity index (χ0) is 17.4. The Morgan fingerprint density at radius 2 is 1.65 bits per heavy atom. The lowest BCUT2D eigenvalue weighted by Gasteiger charge is -2.21. The van der Waals surface area contributed by atoms with Crippen molar-refractivity contribution in [3.63, 3.8) is 0 Å². The highest BCUT2D eigenvalue weighted by Gasteiger charge is 2.25. The Labute approximate surface area is 135 Å². The lowest BCUT2D eigenvalue weighted by Crippen LogP contribution is -2.27. The zero-order valence-corrected chi connectivity index (χ0v) is 14.2. The molecule has 6 nitrogen and oxygen atoms in total. The molecule has 2 aromatic rings. The van der Waals surface area contributed by atoms with Crippen LogP contribution in [0, 0.1) is 30.9 Å². The molecule has 0 fully saturated rings. The third kappa shape index (κ3) is 3.19. The molecular weight excluding hydrogens is 316 g/mol.